The third-order valence-electron chi connectivity index (χ3n) is 3.25. The summed E-state index contributed by atoms with van der Waals surface area (Å²) < 4.78 is 17.3. The van der Waals surface area contributed by atoms with Gasteiger partial charge in [0.05, 0.1) is 0 Å². The summed E-state index contributed by atoms with van der Waals surface area (Å²) in [6.07, 6.45) is 0. The van der Waals surface area contributed by atoms with Crippen molar-refractivity contribution < 1.29 is 13.6 Å². The van der Waals surface area contributed by atoms with E-state index in [-0.39, 0.29) is 0 Å². The summed E-state index contributed by atoms with van der Waals surface area (Å²) in [6.45, 7) is 0. The van der Waals surface area contributed by atoms with Crippen LogP contribution in [0.15, 0.2) is 64.4 Å². The number of benzene rings is 3. The van der Waals surface area contributed by atoms with E-state index in [0.29, 0.717) is 17.2 Å². The molecule has 0 aromatic heterocycles. The Morgan fingerprint density at radius 1 is 0.727 bits per heavy atom. The van der Waals surface area contributed by atoms with Crippen molar-refractivity contribution in [1.82, 2.24) is 0 Å². The molecular weight excluding hydrogens is 335 g/mol. The summed E-state index contributed by atoms with van der Waals surface area (Å²) >= 11 is 8.61. The molecule has 1 unspecified atom stereocenters. The molecule has 3 aromatic carbocycles. The minimum absolute atomic E-state index is 0.693. The zero-order valence-corrected chi connectivity index (χ0v) is 13.9. The number of fused-ring (bicyclic) bond motifs is 2. The summed E-state index contributed by atoms with van der Waals surface area (Å²) in [5.41, 5.74) is 0. The fourth-order valence-corrected chi connectivity index (χ4v) is 3.57. The summed E-state index contributed by atoms with van der Waals surface area (Å²) in [6, 6.07) is 17.3. The maximum atomic E-state index is 5.77. The lowest BCUT2D eigenvalue weighted by Crippen LogP contribution is -1.94. The number of thiol groups is 2. The second-order valence-electron chi connectivity index (χ2n) is 4.82. The summed E-state index contributed by atoms with van der Waals surface area (Å²) in [4.78, 5) is 1.79. The third-order valence-corrected chi connectivity index (χ3v) is 4.88. The topological polar surface area (TPSA) is 27.7 Å². The summed E-state index contributed by atoms with van der Waals surface area (Å²) in [5, 5.41) is 2.14. The van der Waals surface area contributed by atoms with E-state index in [0.717, 1.165) is 20.6 Å². The standard InChI is InChI=1S/C16H11O3PS2/c21-13-5-2-12(3-6-13)17-20-18-15-8-10-1-4-14(22)7-11(10)9-16(15)19-20/h1-9,21-22H. The number of hydrogen-bond acceptors (Lipinski definition) is 5. The van der Waals surface area contributed by atoms with Gasteiger partial charge in [0.25, 0.3) is 0 Å². The van der Waals surface area contributed by atoms with Crippen molar-refractivity contribution in [2.75, 3.05) is 0 Å². The molecule has 4 rings (SSSR count). The predicted molar refractivity (Wildman–Crippen MR) is 93.7 cm³/mol. The van der Waals surface area contributed by atoms with Crippen LogP contribution in [0.2, 0.25) is 0 Å². The van der Waals surface area contributed by atoms with Gasteiger partial charge in [-0.25, -0.2) is 0 Å². The molecule has 0 aliphatic carbocycles. The fraction of sp³-hybridized carbons (Fsp3) is 0. The Balaban J connectivity index is 1.59. The minimum Gasteiger partial charge on any atom is -0.409 e. The first-order chi connectivity index (χ1) is 10.7. The van der Waals surface area contributed by atoms with Gasteiger partial charge in [-0.2, -0.15) is 0 Å². The largest absolute Gasteiger partial charge is 0.530 e. The van der Waals surface area contributed by atoms with Crippen LogP contribution in [-0.2, 0) is 0 Å². The highest BCUT2D eigenvalue weighted by atomic mass is 32.1. The molecule has 0 amide bonds. The first kappa shape index (κ1) is 14.1. The quantitative estimate of drug-likeness (QED) is 0.474. The van der Waals surface area contributed by atoms with Gasteiger partial charge in [-0.3, -0.25) is 0 Å². The molecule has 0 bridgehead atoms. The van der Waals surface area contributed by atoms with Crippen molar-refractivity contribution in [3.05, 3.63) is 54.6 Å². The Kier molecular flexibility index (Phi) is 3.57. The van der Waals surface area contributed by atoms with Gasteiger partial charge in [-0.1, -0.05) is 6.07 Å². The lowest BCUT2D eigenvalue weighted by Gasteiger charge is -2.08. The van der Waals surface area contributed by atoms with E-state index < -0.39 is 8.60 Å². The molecule has 0 saturated heterocycles. The van der Waals surface area contributed by atoms with Crippen LogP contribution in [0.1, 0.15) is 0 Å². The van der Waals surface area contributed by atoms with Crippen LogP contribution in [0.3, 0.4) is 0 Å². The fourth-order valence-electron chi connectivity index (χ4n) is 2.20. The molecule has 1 heterocycles. The number of hydrogen-bond donors (Lipinski definition) is 2. The van der Waals surface area contributed by atoms with E-state index in [9.17, 15) is 0 Å². The third kappa shape index (κ3) is 2.72. The molecular formula is C16H11O3PS2. The van der Waals surface area contributed by atoms with E-state index in [1.54, 1.807) is 0 Å². The minimum atomic E-state index is -1.47. The molecule has 0 N–H and O–H groups in total. The smallest absolute Gasteiger partial charge is 0.409 e. The Bertz CT molecular complexity index is 852. The zero-order valence-electron chi connectivity index (χ0n) is 11.3. The van der Waals surface area contributed by atoms with Gasteiger partial charge in [0.1, 0.15) is 5.75 Å². The van der Waals surface area contributed by atoms with Crippen LogP contribution in [0.25, 0.3) is 10.8 Å². The van der Waals surface area contributed by atoms with Gasteiger partial charge < -0.3 is 13.6 Å². The first-order valence-electron chi connectivity index (χ1n) is 6.57. The Morgan fingerprint density at radius 2 is 1.36 bits per heavy atom. The Labute approximate surface area is 140 Å². The van der Waals surface area contributed by atoms with Crippen LogP contribution < -0.4 is 13.6 Å². The lowest BCUT2D eigenvalue weighted by atomic mass is 10.1. The average molecular weight is 346 g/mol. The average Bonchev–Trinajstić information content (AvgIpc) is 2.88. The van der Waals surface area contributed by atoms with Crippen LogP contribution in [0.5, 0.6) is 17.2 Å². The van der Waals surface area contributed by atoms with Crippen molar-refractivity contribution in [1.29, 1.82) is 0 Å². The monoisotopic (exact) mass is 346 g/mol. The Hall–Kier alpha value is -1.55. The van der Waals surface area contributed by atoms with Gasteiger partial charge >= 0.3 is 8.60 Å². The SMILES string of the molecule is Sc1ccc(OP2Oc3cc4ccc(S)cc4cc3O2)cc1. The maximum absolute atomic E-state index is 5.77. The second kappa shape index (κ2) is 5.58. The molecule has 0 fully saturated rings. The number of rotatable bonds is 2. The van der Waals surface area contributed by atoms with Crippen molar-refractivity contribution >= 4 is 44.6 Å². The molecule has 0 spiro atoms. The molecule has 1 aliphatic heterocycles. The molecule has 3 nitrogen and oxygen atoms in total. The van der Waals surface area contributed by atoms with Gasteiger partial charge in [0.2, 0.25) is 0 Å². The Morgan fingerprint density at radius 3 is 2.09 bits per heavy atom. The van der Waals surface area contributed by atoms with Gasteiger partial charge in [0.15, 0.2) is 11.5 Å². The van der Waals surface area contributed by atoms with Crippen molar-refractivity contribution in [3.63, 3.8) is 0 Å². The second-order valence-corrected chi connectivity index (χ2v) is 6.85. The molecule has 0 saturated carbocycles. The molecule has 22 heavy (non-hydrogen) atoms. The van der Waals surface area contributed by atoms with Crippen LogP contribution >= 0.6 is 33.9 Å². The van der Waals surface area contributed by atoms with Crippen molar-refractivity contribution in [2.24, 2.45) is 0 Å². The highest BCUT2D eigenvalue weighted by molar-refractivity contribution is 7.80. The van der Waals surface area contributed by atoms with Crippen molar-refractivity contribution in [2.45, 2.75) is 9.79 Å². The normalized spacial score (nSPS) is 16.0. The van der Waals surface area contributed by atoms with E-state index in [2.05, 4.69) is 25.3 Å². The van der Waals surface area contributed by atoms with E-state index in [4.69, 9.17) is 13.6 Å². The van der Waals surface area contributed by atoms with Gasteiger partial charge in [-0.15, -0.1) is 25.3 Å². The highest BCUT2D eigenvalue weighted by Gasteiger charge is 2.30. The summed E-state index contributed by atoms with van der Waals surface area (Å²) in [7, 11) is -1.47. The first-order valence-corrected chi connectivity index (χ1v) is 8.56. The van der Waals surface area contributed by atoms with Gasteiger partial charge in [-0.05, 0) is 59.3 Å². The zero-order chi connectivity index (χ0) is 15.1. The van der Waals surface area contributed by atoms with Crippen molar-refractivity contribution in [3.8, 4) is 17.2 Å². The van der Waals surface area contributed by atoms with E-state index in [1.165, 1.54) is 0 Å². The maximum Gasteiger partial charge on any atom is 0.530 e. The van der Waals surface area contributed by atoms with Crippen LogP contribution in [0.4, 0.5) is 0 Å². The summed E-state index contributed by atoms with van der Waals surface area (Å²) in [5.74, 6) is 2.10. The molecule has 1 atom stereocenters. The van der Waals surface area contributed by atoms with E-state index >= 15 is 0 Å². The highest BCUT2D eigenvalue weighted by Crippen LogP contribution is 2.53. The molecule has 110 valence electrons. The molecule has 1 aliphatic rings. The predicted octanol–water partition coefficient (Wildman–Crippen LogP) is 5.49. The van der Waals surface area contributed by atoms with Gasteiger partial charge in [0, 0.05) is 9.79 Å². The van der Waals surface area contributed by atoms with Crippen LogP contribution in [0, 0.1) is 0 Å². The molecule has 3 aromatic rings. The van der Waals surface area contributed by atoms with Crippen LogP contribution in [-0.4, -0.2) is 0 Å². The molecule has 0 radical (unpaired) electrons. The van der Waals surface area contributed by atoms with E-state index in [1.807, 2.05) is 54.6 Å². The molecule has 6 heteroatoms. The lowest BCUT2D eigenvalue weighted by molar-refractivity contribution is 0.435.